The standard InChI is InChI=1S/C25H19BrClN3O2/c1-32-24(31)23-22(14-26)29(15-28)30(17-12-10-16(27)11-13-17)25(23)20-8-4-2-6-18(20)19-7-3-5-9-21(19)25/h2-13,22-23H,14H2,1H3/t22-,23-/m1/s1. The van der Waals surface area contributed by atoms with Gasteiger partial charge in [0.1, 0.15) is 11.5 Å². The Labute approximate surface area is 199 Å². The largest absolute Gasteiger partial charge is 0.469 e. The van der Waals surface area contributed by atoms with Crippen molar-refractivity contribution < 1.29 is 9.53 Å². The molecular formula is C25H19BrClN3O2. The van der Waals surface area contributed by atoms with E-state index in [1.54, 1.807) is 17.1 Å². The summed E-state index contributed by atoms with van der Waals surface area (Å²) in [6, 6.07) is 23.0. The topological polar surface area (TPSA) is 56.6 Å². The summed E-state index contributed by atoms with van der Waals surface area (Å²) in [6.45, 7) is 0. The Kier molecular flexibility index (Phi) is 5.11. The third kappa shape index (κ3) is 2.65. The first-order valence-corrected chi connectivity index (χ1v) is 11.7. The second-order valence-corrected chi connectivity index (χ2v) is 8.90. The van der Waals surface area contributed by atoms with Crippen molar-refractivity contribution in [3.05, 3.63) is 88.9 Å². The Morgan fingerprint density at radius 3 is 2.12 bits per heavy atom. The summed E-state index contributed by atoms with van der Waals surface area (Å²) in [6.07, 6.45) is 2.34. The highest BCUT2D eigenvalue weighted by Gasteiger charge is 2.66. The third-order valence-corrected chi connectivity index (χ3v) is 7.37. The number of halogens is 2. The van der Waals surface area contributed by atoms with Crippen LogP contribution in [0.1, 0.15) is 11.1 Å². The zero-order valence-electron chi connectivity index (χ0n) is 17.2. The van der Waals surface area contributed by atoms with E-state index in [2.05, 4.69) is 34.3 Å². The van der Waals surface area contributed by atoms with Crippen molar-refractivity contribution in [2.75, 3.05) is 17.4 Å². The molecule has 2 atom stereocenters. The lowest BCUT2D eigenvalue weighted by atomic mass is 9.74. The molecule has 160 valence electrons. The van der Waals surface area contributed by atoms with E-state index < -0.39 is 17.5 Å². The lowest BCUT2D eigenvalue weighted by Gasteiger charge is -2.41. The van der Waals surface area contributed by atoms with Crippen molar-refractivity contribution in [2.24, 2.45) is 5.92 Å². The van der Waals surface area contributed by atoms with Gasteiger partial charge in [-0.2, -0.15) is 5.26 Å². The van der Waals surface area contributed by atoms with Crippen LogP contribution in [0.25, 0.3) is 11.1 Å². The predicted molar refractivity (Wildman–Crippen MR) is 127 cm³/mol. The second kappa shape index (κ2) is 7.84. The number of ether oxygens (including phenoxy) is 1. The first-order chi connectivity index (χ1) is 15.6. The average molecular weight is 509 g/mol. The molecule has 0 amide bonds. The number of carbonyl (C=O) groups excluding carboxylic acids is 1. The van der Waals surface area contributed by atoms with Crippen LogP contribution >= 0.6 is 27.5 Å². The maximum atomic E-state index is 13.4. The van der Waals surface area contributed by atoms with Crippen LogP contribution in [0.5, 0.6) is 0 Å². The molecule has 0 unspecified atom stereocenters. The van der Waals surface area contributed by atoms with E-state index in [1.165, 1.54) is 7.11 Å². The summed E-state index contributed by atoms with van der Waals surface area (Å²) in [4.78, 5) is 13.4. The fraction of sp³-hybridized carbons (Fsp3) is 0.200. The number of benzene rings is 3. The molecule has 32 heavy (non-hydrogen) atoms. The quantitative estimate of drug-likeness (QED) is 0.272. The van der Waals surface area contributed by atoms with Crippen molar-refractivity contribution in [3.63, 3.8) is 0 Å². The molecular weight excluding hydrogens is 490 g/mol. The Balaban J connectivity index is 1.92. The van der Waals surface area contributed by atoms with Crippen LogP contribution in [-0.2, 0) is 15.1 Å². The zero-order chi connectivity index (χ0) is 22.5. The summed E-state index contributed by atoms with van der Waals surface area (Å²) in [5, 5.41) is 14.9. The van der Waals surface area contributed by atoms with Crippen LogP contribution in [0.2, 0.25) is 5.02 Å². The number of nitrogens with zero attached hydrogens (tertiary/aromatic N) is 3. The molecule has 0 N–H and O–H groups in total. The van der Waals surface area contributed by atoms with E-state index >= 15 is 0 Å². The lowest BCUT2D eigenvalue weighted by Crippen LogP contribution is -2.50. The molecule has 0 aromatic heterocycles. The zero-order valence-corrected chi connectivity index (χ0v) is 19.5. The molecule has 1 spiro atoms. The van der Waals surface area contributed by atoms with Gasteiger partial charge in [0.25, 0.3) is 0 Å². The minimum Gasteiger partial charge on any atom is -0.469 e. The first-order valence-electron chi connectivity index (χ1n) is 10.2. The summed E-state index contributed by atoms with van der Waals surface area (Å²) < 4.78 is 5.34. The van der Waals surface area contributed by atoms with Crippen LogP contribution in [0.15, 0.2) is 72.8 Å². The van der Waals surface area contributed by atoms with Crippen LogP contribution in [0, 0.1) is 17.4 Å². The van der Waals surface area contributed by atoms with Gasteiger partial charge in [-0.15, -0.1) is 0 Å². The highest BCUT2D eigenvalue weighted by atomic mass is 79.9. The normalized spacial score (nSPS) is 20.1. The van der Waals surface area contributed by atoms with Gasteiger partial charge in [-0.25, -0.2) is 5.01 Å². The van der Waals surface area contributed by atoms with Crippen LogP contribution in [0.3, 0.4) is 0 Å². The van der Waals surface area contributed by atoms with Gasteiger partial charge in [-0.3, -0.25) is 9.80 Å². The van der Waals surface area contributed by atoms with Crippen LogP contribution < -0.4 is 5.01 Å². The molecule has 0 radical (unpaired) electrons. The minimum absolute atomic E-state index is 0.363. The van der Waals surface area contributed by atoms with E-state index in [4.69, 9.17) is 16.3 Å². The van der Waals surface area contributed by atoms with Crippen molar-refractivity contribution in [1.82, 2.24) is 5.01 Å². The van der Waals surface area contributed by atoms with Crippen molar-refractivity contribution in [2.45, 2.75) is 11.6 Å². The van der Waals surface area contributed by atoms with Crippen molar-refractivity contribution in [3.8, 4) is 17.3 Å². The number of esters is 1. The molecule has 5 nitrogen and oxygen atoms in total. The molecule has 2 aliphatic rings. The van der Waals surface area contributed by atoms with Gasteiger partial charge < -0.3 is 4.74 Å². The average Bonchev–Trinajstić information content (AvgIpc) is 3.30. The summed E-state index contributed by atoms with van der Waals surface area (Å²) in [5.41, 5.74) is 3.83. The monoisotopic (exact) mass is 507 g/mol. The van der Waals surface area contributed by atoms with Crippen molar-refractivity contribution >= 4 is 39.2 Å². The van der Waals surface area contributed by atoms with Gasteiger partial charge >= 0.3 is 5.97 Å². The van der Waals surface area contributed by atoms with Gasteiger partial charge in [0.2, 0.25) is 0 Å². The molecule has 1 fully saturated rings. The van der Waals surface area contributed by atoms with Gasteiger partial charge in [0, 0.05) is 10.4 Å². The highest BCUT2D eigenvalue weighted by molar-refractivity contribution is 9.09. The summed E-state index contributed by atoms with van der Waals surface area (Å²) in [5.74, 6) is -1.02. The van der Waals surface area contributed by atoms with E-state index in [0.29, 0.717) is 10.4 Å². The third-order valence-electron chi connectivity index (χ3n) is 6.45. The number of anilines is 1. The number of hydrogen-bond acceptors (Lipinski definition) is 5. The van der Waals surface area contributed by atoms with E-state index in [9.17, 15) is 10.1 Å². The van der Waals surface area contributed by atoms with Gasteiger partial charge in [0.05, 0.1) is 18.8 Å². The van der Waals surface area contributed by atoms with E-state index in [1.807, 2.05) is 53.5 Å². The van der Waals surface area contributed by atoms with Gasteiger partial charge in [-0.1, -0.05) is 76.1 Å². The number of nitriles is 1. The highest BCUT2D eigenvalue weighted by Crippen LogP contribution is 2.60. The predicted octanol–water partition coefficient (Wildman–Crippen LogP) is 5.33. The Morgan fingerprint density at radius 2 is 1.62 bits per heavy atom. The summed E-state index contributed by atoms with van der Waals surface area (Å²) >= 11 is 9.75. The van der Waals surface area contributed by atoms with Crippen LogP contribution in [-0.4, -0.2) is 29.5 Å². The maximum absolute atomic E-state index is 13.4. The number of methoxy groups -OCH3 is 1. The fourth-order valence-corrected chi connectivity index (χ4v) is 6.09. The molecule has 5 rings (SSSR count). The molecule has 0 bridgehead atoms. The molecule has 0 saturated carbocycles. The molecule has 1 aliphatic heterocycles. The Hall–Kier alpha value is -3.01. The number of hydrazine groups is 1. The molecule has 1 saturated heterocycles. The number of alkyl halides is 1. The Bertz CT molecular complexity index is 1190. The Morgan fingerprint density at radius 1 is 1.06 bits per heavy atom. The van der Waals surface area contributed by atoms with Gasteiger partial charge in [-0.05, 0) is 46.5 Å². The molecule has 1 heterocycles. The number of carbonyl (C=O) groups is 1. The van der Waals surface area contributed by atoms with E-state index in [-0.39, 0.29) is 5.97 Å². The molecule has 7 heteroatoms. The number of rotatable bonds is 3. The smallest absolute Gasteiger partial charge is 0.314 e. The number of hydrogen-bond donors (Lipinski definition) is 0. The molecule has 1 aliphatic carbocycles. The number of fused-ring (bicyclic) bond motifs is 5. The lowest BCUT2D eigenvalue weighted by molar-refractivity contribution is -0.147. The summed E-state index contributed by atoms with van der Waals surface area (Å²) in [7, 11) is 1.40. The second-order valence-electron chi connectivity index (χ2n) is 7.81. The first kappa shape index (κ1) is 20.9. The van der Waals surface area contributed by atoms with E-state index in [0.717, 1.165) is 27.9 Å². The molecule has 3 aromatic carbocycles. The maximum Gasteiger partial charge on any atom is 0.314 e. The molecule has 3 aromatic rings. The fourth-order valence-electron chi connectivity index (χ4n) is 5.32. The SMILES string of the molecule is COC(=O)[C@H]1[C@@H](CBr)N(C#N)N(c2ccc(Cl)cc2)C12c1ccccc1-c1ccccc12. The van der Waals surface area contributed by atoms with Crippen molar-refractivity contribution in [1.29, 1.82) is 5.26 Å². The van der Waals surface area contributed by atoms with Crippen LogP contribution in [0.4, 0.5) is 5.69 Å². The minimum atomic E-state index is -0.956. The van der Waals surface area contributed by atoms with Gasteiger partial charge in [0.15, 0.2) is 6.19 Å².